The van der Waals surface area contributed by atoms with E-state index in [1.54, 1.807) is 59.4 Å². The molecule has 2 amide bonds. The maximum Gasteiger partial charge on any atom is 0.331 e. The van der Waals surface area contributed by atoms with Gasteiger partial charge in [-0.2, -0.15) is 4.57 Å². The van der Waals surface area contributed by atoms with E-state index in [1.165, 1.54) is 4.68 Å². The van der Waals surface area contributed by atoms with Gasteiger partial charge in [0.05, 0.1) is 27.0 Å². The van der Waals surface area contributed by atoms with Gasteiger partial charge in [-0.15, -0.1) is 0 Å². The Bertz CT molecular complexity index is 1790. The number of nitrogens with one attached hydrogen (secondary N) is 1. The maximum absolute atomic E-state index is 14.1. The van der Waals surface area contributed by atoms with Crippen molar-refractivity contribution in [1.29, 1.82) is 0 Å². The first-order chi connectivity index (χ1) is 18.8. The number of ether oxygens (including phenoxy) is 2. The molecule has 0 radical (unpaired) electrons. The molecule has 0 saturated carbocycles. The van der Waals surface area contributed by atoms with Gasteiger partial charge in [0.15, 0.2) is 23.9 Å². The molecule has 11 heteroatoms. The fraction of sp³-hybridized carbons (Fsp3) is 0.143. The van der Waals surface area contributed by atoms with Crippen LogP contribution in [0.1, 0.15) is 23.7 Å². The molecule has 4 heterocycles. The molecule has 0 atom stereocenters. The minimum Gasteiger partial charge on any atom is -0.454 e. The molecule has 1 N–H and O–H groups in total. The van der Waals surface area contributed by atoms with Crippen LogP contribution < -0.4 is 24.5 Å². The average molecular weight is 564 g/mol. The first kappa shape index (κ1) is 25.0. The molecule has 9 nitrogen and oxygen atoms in total. The van der Waals surface area contributed by atoms with E-state index in [9.17, 15) is 14.4 Å². The number of pyridine rings is 1. The van der Waals surface area contributed by atoms with E-state index in [0.717, 1.165) is 10.5 Å². The number of carbonyl (C=O) groups excluding carboxylic acids is 2. The average Bonchev–Trinajstić information content (AvgIpc) is 3.58. The Morgan fingerprint density at radius 3 is 2.46 bits per heavy atom. The fourth-order valence-corrected chi connectivity index (χ4v) is 5.07. The van der Waals surface area contributed by atoms with Gasteiger partial charge in [-0.25, -0.2) is 9.58 Å². The van der Waals surface area contributed by atoms with Crippen LogP contribution in [0.5, 0.6) is 11.5 Å². The van der Waals surface area contributed by atoms with Crippen molar-refractivity contribution in [1.82, 2.24) is 9.78 Å². The number of imide groups is 1. The number of benzene rings is 2. The van der Waals surface area contributed by atoms with Gasteiger partial charge in [-0.1, -0.05) is 30.1 Å². The van der Waals surface area contributed by atoms with Crippen molar-refractivity contribution in [3.63, 3.8) is 0 Å². The number of rotatable bonds is 5. The molecule has 0 unspecified atom stereocenters. The van der Waals surface area contributed by atoms with Crippen LogP contribution in [0.25, 0.3) is 17.0 Å². The fourth-order valence-electron chi connectivity index (χ4n) is 4.78. The quantitative estimate of drug-likeness (QED) is 0.288. The SMILES string of the molecule is CCc1[nH]n(-c2ccc(Cl)c(Cl)c2)c(=O)c1C1=C([n+]2cccc(C)c2)C(=O)N(c2ccc3c(c2)OCO3)C1=O. The van der Waals surface area contributed by atoms with Crippen LogP contribution in [0.3, 0.4) is 0 Å². The number of halogens is 2. The molecule has 4 aromatic rings. The molecular weight excluding hydrogens is 543 g/mol. The second-order valence-corrected chi connectivity index (χ2v) is 9.87. The largest absolute Gasteiger partial charge is 0.454 e. The summed E-state index contributed by atoms with van der Waals surface area (Å²) in [6, 6.07) is 13.2. The lowest BCUT2D eigenvalue weighted by molar-refractivity contribution is -0.577. The highest BCUT2D eigenvalue weighted by Gasteiger charge is 2.48. The Hall–Kier alpha value is -4.34. The van der Waals surface area contributed by atoms with Crippen molar-refractivity contribution < 1.29 is 23.6 Å². The lowest BCUT2D eigenvalue weighted by Gasteiger charge is -2.14. The number of anilines is 1. The third-order valence-electron chi connectivity index (χ3n) is 6.61. The first-order valence-corrected chi connectivity index (χ1v) is 12.8. The number of amides is 2. The third kappa shape index (κ3) is 4.02. The Morgan fingerprint density at radius 2 is 1.72 bits per heavy atom. The van der Waals surface area contributed by atoms with Crippen LogP contribution in [0, 0.1) is 6.92 Å². The summed E-state index contributed by atoms with van der Waals surface area (Å²) in [5.74, 6) is -0.268. The molecule has 2 aromatic carbocycles. The lowest BCUT2D eigenvalue weighted by atomic mass is 10.0. The number of fused-ring (bicyclic) bond motifs is 1. The van der Waals surface area contributed by atoms with Crippen LogP contribution in [-0.4, -0.2) is 28.4 Å². The minimum atomic E-state index is -0.630. The van der Waals surface area contributed by atoms with Gasteiger partial charge in [-0.3, -0.25) is 19.5 Å². The van der Waals surface area contributed by atoms with Crippen LogP contribution in [0.4, 0.5) is 5.69 Å². The van der Waals surface area contributed by atoms with Gasteiger partial charge in [0, 0.05) is 23.4 Å². The summed E-state index contributed by atoms with van der Waals surface area (Å²) in [5, 5.41) is 3.70. The van der Waals surface area contributed by atoms with Crippen molar-refractivity contribution in [2.75, 3.05) is 11.7 Å². The predicted octanol–water partition coefficient (Wildman–Crippen LogP) is 4.30. The Balaban J connectivity index is 1.58. The zero-order valence-electron chi connectivity index (χ0n) is 20.8. The highest BCUT2D eigenvalue weighted by molar-refractivity contribution is 6.53. The van der Waals surface area contributed by atoms with Crippen molar-refractivity contribution in [3.05, 3.63) is 98.1 Å². The van der Waals surface area contributed by atoms with Gasteiger partial charge in [0.2, 0.25) is 6.79 Å². The summed E-state index contributed by atoms with van der Waals surface area (Å²) in [6.45, 7) is 3.77. The van der Waals surface area contributed by atoms with Gasteiger partial charge in [0.1, 0.15) is 5.57 Å². The number of hydrogen-bond acceptors (Lipinski definition) is 5. The minimum absolute atomic E-state index is 0.00910. The number of aromatic nitrogens is 3. The Labute approximate surface area is 232 Å². The van der Waals surface area contributed by atoms with Crippen LogP contribution in [0.2, 0.25) is 10.0 Å². The lowest BCUT2D eigenvalue weighted by Crippen LogP contribution is -2.39. The second-order valence-electron chi connectivity index (χ2n) is 9.05. The van der Waals surface area contributed by atoms with Gasteiger partial charge in [0.25, 0.3) is 17.2 Å². The van der Waals surface area contributed by atoms with E-state index in [1.807, 2.05) is 19.9 Å². The van der Waals surface area contributed by atoms with Crippen LogP contribution >= 0.6 is 23.2 Å². The number of aromatic amines is 1. The van der Waals surface area contributed by atoms with E-state index in [4.69, 9.17) is 32.7 Å². The molecule has 196 valence electrons. The Morgan fingerprint density at radius 1 is 0.949 bits per heavy atom. The normalized spacial score (nSPS) is 14.6. The van der Waals surface area contributed by atoms with Crippen molar-refractivity contribution >= 4 is 52.0 Å². The van der Waals surface area contributed by atoms with E-state index in [0.29, 0.717) is 40.0 Å². The van der Waals surface area contributed by atoms with E-state index in [-0.39, 0.29) is 28.6 Å². The molecule has 2 aliphatic heterocycles. The molecular formula is C28H21Cl2N4O5+. The van der Waals surface area contributed by atoms with Crippen molar-refractivity contribution in [2.24, 2.45) is 0 Å². The molecule has 0 bridgehead atoms. The summed E-state index contributed by atoms with van der Waals surface area (Å²) in [4.78, 5) is 43.1. The maximum atomic E-state index is 14.1. The second kappa shape index (κ2) is 9.44. The Kier molecular flexibility index (Phi) is 6.05. The summed E-state index contributed by atoms with van der Waals surface area (Å²) >= 11 is 12.3. The summed E-state index contributed by atoms with van der Waals surface area (Å²) < 4.78 is 13.7. The molecule has 0 fully saturated rings. The van der Waals surface area contributed by atoms with Crippen molar-refractivity contribution in [2.45, 2.75) is 20.3 Å². The van der Waals surface area contributed by atoms with Gasteiger partial charge < -0.3 is 9.47 Å². The number of aryl methyl sites for hydroxylation is 2. The highest BCUT2D eigenvalue weighted by atomic mass is 35.5. The van der Waals surface area contributed by atoms with Crippen LogP contribution in [-0.2, 0) is 16.0 Å². The van der Waals surface area contributed by atoms with E-state index < -0.39 is 17.4 Å². The molecule has 39 heavy (non-hydrogen) atoms. The first-order valence-electron chi connectivity index (χ1n) is 12.1. The summed E-state index contributed by atoms with van der Waals surface area (Å²) in [5.41, 5.74) is 1.75. The zero-order valence-corrected chi connectivity index (χ0v) is 22.3. The predicted molar refractivity (Wildman–Crippen MR) is 145 cm³/mol. The topological polar surface area (TPSA) is 97.5 Å². The summed E-state index contributed by atoms with van der Waals surface area (Å²) in [7, 11) is 0. The van der Waals surface area contributed by atoms with E-state index in [2.05, 4.69) is 5.10 Å². The molecule has 0 saturated heterocycles. The number of carbonyl (C=O) groups is 2. The molecule has 2 aliphatic rings. The monoisotopic (exact) mass is 563 g/mol. The van der Waals surface area contributed by atoms with Gasteiger partial charge >= 0.3 is 5.91 Å². The van der Waals surface area contributed by atoms with Crippen molar-refractivity contribution in [3.8, 4) is 17.2 Å². The number of hydrogen-bond donors (Lipinski definition) is 1. The van der Waals surface area contributed by atoms with E-state index >= 15 is 0 Å². The van der Waals surface area contributed by atoms with Gasteiger partial charge in [-0.05, 0) is 49.7 Å². The summed E-state index contributed by atoms with van der Waals surface area (Å²) in [6.07, 6.45) is 3.80. The molecule has 0 aliphatic carbocycles. The zero-order chi connectivity index (χ0) is 27.4. The molecule has 6 rings (SSSR count). The molecule has 0 spiro atoms. The third-order valence-corrected chi connectivity index (χ3v) is 7.35. The molecule has 2 aromatic heterocycles. The standard InChI is InChI=1S/C28H20Cl2N4O5/c1-3-20-23(27(36)34(31-20)17-6-8-18(29)19(30)11-17)24-25(32-10-4-5-15(2)13-32)28(37)33(26(24)35)16-7-9-21-22(12-16)39-14-38-21/h4-13H,3,14H2,1-2H3/p+1. The number of nitrogens with zero attached hydrogens (tertiary/aromatic N) is 3. The number of H-pyrrole nitrogens is 1. The highest BCUT2D eigenvalue weighted by Crippen LogP contribution is 2.39. The van der Waals surface area contributed by atoms with Crippen LogP contribution in [0.15, 0.2) is 65.7 Å². The smallest absolute Gasteiger partial charge is 0.331 e.